The Balaban J connectivity index is 2.19. The monoisotopic (exact) mass is 286 g/mol. The van der Waals surface area contributed by atoms with Crippen molar-refractivity contribution in [2.45, 2.75) is 18.1 Å². The van der Waals surface area contributed by atoms with E-state index < -0.39 is 5.97 Å². The summed E-state index contributed by atoms with van der Waals surface area (Å²) >= 11 is 1.40. The van der Waals surface area contributed by atoms with E-state index in [4.69, 9.17) is 5.11 Å². The van der Waals surface area contributed by atoms with Crippen LogP contribution in [0.2, 0.25) is 0 Å². The van der Waals surface area contributed by atoms with Crippen LogP contribution in [0.1, 0.15) is 12.0 Å². The lowest BCUT2D eigenvalue weighted by molar-refractivity contribution is -0.136. The summed E-state index contributed by atoms with van der Waals surface area (Å²) in [6.45, 7) is 0. The Labute approximate surface area is 123 Å². The molecule has 0 saturated heterocycles. The minimum absolute atomic E-state index is 0.334. The minimum Gasteiger partial charge on any atom is -0.480 e. The maximum Gasteiger partial charge on any atom is 0.316 e. The van der Waals surface area contributed by atoms with E-state index in [2.05, 4.69) is 24.3 Å². The van der Waals surface area contributed by atoms with E-state index in [1.807, 2.05) is 36.6 Å². The van der Waals surface area contributed by atoms with Gasteiger partial charge in [0.15, 0.2) is 0 Å². The van der Waals surface area contributed by atoms with Crippen LogP contribution < -0.4 is 0 Å². The zero-order valence-electron chi connectivity index (χ0n) is 11.5. The average Bonchev–Trinajstić information content (AvgIpc) is 2.49. The van der Waals surface area contributed by atoms with Crippen molar-refractivity contribution >= 4 is 17.7 Å². The summed E-state index contributed by atoms with van der Waals surface area (Å²) in [6, 6.07) is 18.4. The second kappa shape index (κ2) is 7.15. The highest BCUT2D eigenvalue weighted by Gasteiger charge is 2.16. The molecular weight excluding hydrogens is 268 g/mol. The predicted octanol–water partition coefficient (Wildman–Crippen LogP) is 4.10. The van der Waals surface area contributed by atoms with Crippen LogP contribution in [0.15, 0.2) is 54.6 Å². The van der Waals surface area contributed by atoms with Crippen molar-refractivity contribution in [3.05, 3.63) is 60.2 Å². The molecule has 20 heavy (non-hydrogen) atoms. The lowest BCUT2D eigenvalue weighted by atomic mass is 9.96. The SMILES string of the molecule is CSC(CCc1ccccc1-c1ccccc1)C(=O)O. The Morgan fingerprint density at radius 1 is 1.10 bits per heavy atom. The standard InChI is InChI=1S/C17H18O2S/c1-20-16(17(18)19)12-11-14-9-5-6-10-15(14)13-7-3-2-4-8-13/h2-10,16H,11-12H2,1H3,(H,18,19). The molecule has 0 aliphatic heterocycles. The predicted molar refractivity (Wildman–Crippen MR) is 85.1 cm³/mol. The molecule has 0 spiro atoms. The molecule has 0 aliphatic rings. The van der Waals surface area contributed by atoms with E-state index in [0.29, 0.717) is 6.42 Å². The van der Waals surface area contributed by atoms with Crippen LogP contribution in [0.5, 0.6) is 0 Å². The van der Waals surface area contributed by atoms with E-state index in [9.17, 15) is 4.79 Å². The van der Waals surface area contributed by atoms with Crippen LogP contribution in [0, 0.1) is 0 Å². The number of benzene rings is 2. The van der Waals surface area contributed by atoms with Gasteiger partial charge in [-0.2, -0.15) is 11.8 Å². The Morgan fingerprint density at radius 3 is 2.40 bits per heavy atom. The molecule has 104 valence electrons. The number of carbonyl (C=O) groups is 1. The van der Waals surface area contributed by atoms with Crippen molar-refractivity contribution in [2.24, 2.45) is 0 Å². The molecule has 0 bridgehead atoms. The maximum atomic E-state index is 11.1. The van der Waals surface area contributed by atoms with Crippen LogP contribution in [0.4, 0.5) is 0 Å². The number of aryl methyl sites for hydroxylation is 1. The van der Waals surface area contributed by atoms with E-state index in [1.54, 1.807) is 0 Å². The molecule has 3 heteroatoms. The van der Waals surface area contributed by atoms with Crippen LogP contribution in [-0.4, -0.2) is 22.6 Å². The Kier molecular flexibility index (Phi) is 5.24. The molecular formula is C17H18O2S. The topological polar surface area (TPSA) is 37.3 Å². The maximum absolute atomic E-state index is 11.1. The van der Waals surface area contributed by atoms with E-state index >= 15 is 0 Å². The van der Waals surface area contributed by atoms with Crippen molar-refractivity contribution < 1.29 is 9.90 Å². The zero-order chi connectivity index (χ0) is 14.4. The van der Waals surface area contributed by atoms with Gasteiger partial charge in [-0.25, -0.2) is 0 Å². The third-order valence-electron chi connectivity index (χ3n) is 3.34. The van der Waals surface area contributed by atoms with Gasteiger partial charge in [0, 0.05) is 0 Å². The van der Waals surface area contributed by atoms with Gasteiger partial charge in [0.25, 0.3) is 0 Å². The van der Waals surface area contributed by atoms with Crippen LogP contribution in [-0.2, 0) is 11.2 Å². The van der Waals surface area contributed by atoms with Gasteiger partial charge < -0.3 is 5.11 Å². The molecule has 1 atom stereocenters. The summed E-state index contributed by atoms with van der Waals surface area (Å²) in [5, 5.41) is 8.78. The van der Waals surface area contributed by atoms with Gasteiger partial charge in [-0.15, -0.1) is 0 Å². The molecule has 0 fully saturated rings. The van der Waals surface area contributed by atoms with Gasteiger partial charge in [0.1, 0.15) is 5.25 Å². The Bertz CT molecular complexity index is 566. The first-order chi connectivity index (χ1) is 9.72. The van der Waals surface area contributed by atoms with E-state index in [-0.39, 0.29) is 5.25 Å². The smallest absolute Gasteiger partial charge is 0.316 e. The fraction of sp³-hybridized carbons (Fsp3) is 0.235. The molecule has 2 aromatic carbocycles. The first-order valence-corrected chi connectivity index (χ1v) is 7.90. The van der Waals surface area contributed by atoms with E-state index in [1.165, 1.54) is 28.5 Å². The number of thioether (sulfide) groups is 1. The van der Waals surface area contributed by atoms with Crippen LogP contribution >= 0.6 is 11.8 Å². The summed E-state index contributed by atoms with van der Waals surface area (Å²) in [7, 11) is 0. The number of rotatable bonds is 6. The zero-order valence-corrected chi connectivity index (χ0v) is 12.3. The third kappa shape index (κ3) is 3.64. The highest BCUT2D eigenvalue weighted by molar-refractivity contribution is 7.99. The first kappa shape index (κ1) is 14.7. The molecule has 2 nitrogen and oxygen atoms in total. The largest absolute Gasteiger partial charge is 0.480 e. The molecule has 0 radical (unpaired) electrons. The van der Waals surface area contributed by atoms with Crippen LogP contribution in [0.3, 0.4) is 0 Å². The normalized spacial score (nSPS) is 12.1. The quantitative estimate of drug-likeness (QED) is 0.868. The molecule has 1 N–H and O–H groups in total. The Morgan fingerprint density at radius 2 is 1.75 bits per heavy atom. The summed E-state index contributed by atoms with van der Waals surface area (Å²) in [5.74, 6) is -0.727. The van der Waals surface area contributed by atoms with Gasteiger partial charge in [0.2, 0.25) is 0 Å². The molecule has 0 aliphatic carbocycles. The number of hydrogen-bond acceptors (Lipinski definition) is 2. The van der Waals surface area contributed by atoms with Crippen molar-refractivity contribution in [2.75, 3.05) is 6.26 Å². The number of hydrogen-bond donors (Lipinski definition) is 1. The molecule has 0 amide bonds. The molecule has 0 saturated carbocycles. The number of aliphatic carboxylic acids is 1. The summed E-state index contributed by atoms with van der Waals surface area (Å²) < 4.78 is 0. The first-order valence-electron chi connectivity index (χ1n) is 6.61. The lowest BCUT2D eigenvalue weighted by Gasteiger charge is -2.12. The minimum atomic E-state index is -0.727. The van der Waals surface area contributed by atoms with Gasteiger partial charge in [-0.3, -0.25) is 4.79 Å². The average molecular weight is 286 g/mol. The van der Waals surface area contributed by atoms with Crippen molar-refractivity contribution in [1.29, 1.82) is 0 Å². The summed E-state index contributed by atoms with van der Waals surface area (Å²) in [4.78, 5) is 11.1. The van der Waals surface area contributed by atoms with E-state index in [0.717, 1.165) is 6.42 Å². The lowest BCUT2D eigenvalue weighted by Crippen LogP contribution is -2.16. The second-order valence-corrected chi connectivity index (χ2v) is 5.66. The van der Waals surface area contributed by atoms with Crippen LogP contribution in [0.25, 0.3) is 11.1 Å². The van der Waals surface area contributed by atoms with Gasteiger partial charge in [-0.1, -0.05) is 54.6 Å². The Hall–Kier alpha value is -1.74. The molecule has 2 rings (SSSR count). The fourth-order valence-electron chi connectivity index (χ4n) is 2.27. The van der Waals surface area contributed by atoms with Gasteiger partial charge >= 0.3 is 5.97 Å². The number of carboxylic acids is 1. The second-order valence-electron chi connectivity index (χ2n) is 4.62. The highest BCUT2D eigenvalue weighted by Crippen LogP contribution is 2.25. The fourth-order valence-corrected chi connectivity index (χ4v) is 2.82. The van der Waals surface area contributed by atoms with Crippen molar-refractivity contribution in [3.63, 3.8) is 0 Å². The number of carboxylic acid groups (broad SMARTS) is 1. The van der Waals surface area contributed by atoms with Crippen molar-refractivity contribution in [3.8, 4) is 11.1 Å². The third-order valence-corrected chi connectivity index (χ3v) is 4.34. The summed E-state index contributed by atoms with van der Waals surface area (Å²) in [5.41, 5.74) is 3.58. The molecule has 0 aromatic heterocycles. The van der Waals surface area contributed by atoms with Crippen molar-refractivity contribution in [1.82, 2.24) is 0 Å². The summed E-state index contributed by atoms with van der Waals surface area (Å²) in [6.07, 6.45) is 3.28. The molecule has 1 unspecified atom stereocenters. The molecule has 2 aromatic rings. The van der Waals surface area contributed by atoms with Gasteiger partial charge in [-0.05, 0) is 35.8 Å². The molecule has 0 heterocycles. The highest BCUT2D eigenvalue weighted by atomic mass is 32.2. The van der Waals surface area contributed by atoms with Gasteiger partial charge in [0.05, 0.1) is 0 Å².